The molecule has 0 aliphatic rings. The molecule has 8 heteroatoms. The second-order valence-corrected chi connectivity index (χ2v) is 3.99. The molecule has 0 spiro atoms. The SMILES string of the molecule is CCOC(=O)Cc1cc(OC(F)(F)F)c(Cl)cc1C#N. The maximum atomic E-state index is 12.2. The van der Waals surface area contributed by atoms with Crippen LogP contribution in [0.2, 0.25) is 5.02 Å². The van der Waals surface area contributed by atoms with Crippen molar-refractivity contribution in [1.29, 1.82) is 5.26 Å². The van der Waals surface area contributed by atoms with Crippen molar-refractivity contribution in [3.8, 4) is 11.8 Å². The summed E-state index contributed by atoms with van der Waals surface area (Å²) >= 11 is 5.59. The number of ether oxygens (including phenoxy) is 2. The third-order valence-corrected chi connectivity index (χ3v) is 2.44. The summed E-state index contributed by atoms with van der Waals surface area (Å²) in [4.78, 5) is 11.3. The maximum absolute atomic E-state index is 12.2. The quantitative estimate of drug-likeness (QED) is 0.801. The zero-order valence-electron chi connectivity index (χ0n) is 10.3. The molecule has 0 aromatic heterocycles. The summed E-state index contributed by atoms with van der Waals surface area (Å²) in [5, 5.41) is 8.52. The van der Waals surface area contributed by atoms with Crippen molar-refractivity contribution >= 4 is 17.6 Å². The first kappa shape index (κ1) is 16.1. The number of nitriles is 1. The second kappa shape index (κ2) is 6.48. The minimum absolute atomic E-state index is 0.0161. The number of halogens is 4. The first-order valence-electron chi connectivity index (χ1n) is 5.40. The highest BCUT2D eigenvalue weighted by Gasteiger charge is 2.32. The summed E-state index contributed by atoms with van der Waals surface area (Å²) in [7, 11) is 0. The molecule has 1 aromatic carbocycles. The lowest BCUT2D eigenvalue weighted by atomic mass is 10.1. The van der Waals surface area contributed by atoms with Gasteiger partial charge in [0, 0.05) is 0 Å². The summed E-state index contributed by atoms with van der Waals surface area (Å²) in [6.07, 6.45) is -5.26. The number of esters is 1. The van der Waals surface area contributed by atoms with Crippen LogP contribution in [0.3, 0.4) is 0 Å². The molecule has 0 unspecified atom stereocenters. The van der Waals surface area contributed by atoms with E-state index in [1.165, 1.54) is 0 Å². The molecule has 0 bridgehead atoms. The van der Waals surface area contributed by atoms with Gasteiger partial charge in [0.25, 0.3) is 0 Å². The normalized spacial score (nSPS) is 10.8. The van der Waals surface area contributed by atoms with Crippen molar-refractivity contribution in [1.82, 2.24) is 0 Å². The average Bonchev–Trinajstić information content (AvgIpc) is 2.31. The number of hydrogen-bond acceptors (Lipinski definition) is 4. The van der Waals surface area contributed by atoms with Gasteiger partial charge in [-0.25, -0.2) is 0 Å². The summed E-state index contributed by atoms with van der Waals surface area (Å²) in [6, 6.07) is 3.66. The monoisotopic (exact) mass is 307 g/mol. The molecular weight excluding hydrogens is 299 g/mol. The van der Waals surface area contributed by atoms with Crippen molar-refractivity contribution in [2.24, 2.45) is 0 Å². The summed E-state index contributed by atoms with van der Waals surface area (Å²) in [5.74, 6) is -1.33. The Morgan fingerprint density at radius 3 is 2.60 bits per heavy atom. The molecule has 20 heavy (non-hydrogen) atoms. The lowest BCUT2D eigenvalue weighted by Gasteiger charge is -2.12. The number of benzene rings is 1. The highest BCUT2D eigenvalue weighted by molar-refractivity contribution is 6.32. The van der Waals surface area contributed by atoms with E-state index in [1.54, 1.807) is 13.0 Å². The van der Waals surface area contributed by atoms with Gasteiger partial charge in [0.1, 0.15) is 5.75 Å². The zero-order valence-corrected chi connectivity index (χ0v) is 11.0. The second-order valence-electron chi connectivity index (χ2n) is 3.58. The molecule has 0 amide bonds. The van der Waals surface area contributed by atoms with E-state index in [-0.39, 0.29) is 29.2 Å². The van der Waals surface area contributed by atoms with E-state index in [1.807, 2.05) is 0 Å². The van der Waals surface area contributed by atoms with Gasteiger partial charge in [0.05, 0.1) is 29.7 Å². The Morgan fingerprint density at radius 2 is 2.10 bits per heavy atom. The summed E-state index contributed by atoms with van der Waals surface area (Å²) in [6.45, 7) is 1.71. The smallest absolute Gasteiger partial charge is 0.466 e. The van der Waals surface area contributed by atoms with Crippen LogP contribution >= 0.6 is 11.6 Å². The van der Waals surface area contributed by atoms with Crippen LogP contribution in [-0.2, 0) is 16.0 Å². The van der Waals surface area contributed by atoms with Crippen LogP contribution in [0.5, 0.6) is 5.75 Å². The molecule has 0 atom stereocenters. The van der Waals surface area contributed by atoms with Gasteiger partial charge in [-0.3, -0.25) is 4.79 Å². The Balaban J connectivity index is 3.12. The Kier molecular flexibility index (Phi) is 5.22. The first-order valence-corrected chi connectivity index (χ1v) is 5.78. The van der Waals surface area contributed by atoms with E-state index in [9.17, 15) is 18.0 Å². The third-order valence-electron chi connectivity index (χ3n) is 2.14. The number of carbonyl (C=O) groups is 1. The fourth-order valence-corrected chi connectivity index (χ4v) is 1.62. The predicted octanol–water partition coefficient (Wildman–Crippen LogP) is 3.22. The molecule has 0 aliphatic carbocycles. The van der Waals surface area contributed by atoms with E-state index >= 15 is 0 Å². The summed E-state index contributed by atoms with van der Waals surface area (Å²) in [5.41, 5.74) is 0.0344. The van der Waals surface area contributed by atoms with E-state index < -0.39 is 18.1 Å². The maximum Gasteiger partial charge on any atom is 0.573 e. The standard InChI is InChI=1S/C12H9ClF3NO3/c1-2-19-11(18)5-7-4-10(20-12(14,15)16)9(13)3-8(7)6-17/h3-4H,2,5H2,1H3. The number of carbonyl (C=O) groups excluding carboxylic acids is 1. The van der Waals surface area contributed by atoms with Crippen LogP contribution in [0, 0.1) is 11.3 Å². The largest absolute Gasteiger partial charge is 0.573 e. The molecule has 0 saturated carbocycles. The van der Waals surface area contributed by atoms with Crippen molar-refractivity contribution < 1.29 is 27.4 Å². The predicted molar refractivity (Wildman–Crippen MR) is 63.2 cm³/mol. The number of alkyl halides is 3. The number of hydrogen-bond donors (Lipinski definition) is 0. The molecule has 0 saturated heterocycles. The molecular formula is C12H9ClF3NO3. The van der Waals surface area contributed by atoms with Crippen LogP contribution in [-0.4, -0.2) is 18.9 Å². The Labute approximate surface area is 117 Å². The molecule has 0 fully saturated rings. The van der Waals surface area contributed by atoms with Gasteiger partial charge >= 0.3 is 12.3 Å². The van der Waals surface area contributed by atoms with Crippen LogP contribution in [0.25, 0.3) is 0 Å². The minimum Gasteiger partial charge on any atom is -0.466 e. The molecule has 0 heterocycles. The lowest BCUT2D eigenvalue weighted by molar-refractivity contribution is -0.274. The van der Waals surface area contributed by atoms with Crippen molar-refractivity contribution in [2.75, 3.05) is 6.61 Å². The Bertz CT molecular complexity index is 552. The average molecular weight is 308 g/mol. The third kappa shape index (κ3) is 4.63. The van der Waals surface area contributed by atoms with Crippen molar-refractivity contribution in [3.05, 3.63) is 28.3 Å². The minimum atomic E-state index is -4.92. The van der Waals surface area contributed by atoms with Gasteiger partial charge in [-0.05, 0) is 24.6 Å². The van der Waals surface area contributed by atoms with Gasteiger partial charge in [0.15, 0.2) is 0 Å². The van der Waals surface area contributed by atoms with Gasteiger partial charge in [-0.2, -0.15) is 5.26 Å². The van der Waals surface area contributed by atoms with Crippen molar-refractivity contribution in [2.45, 2.75) is 19.7 Å². The van der Waals surface area contributed by atoms with E-state index in [2.05, 4.69) is 9.47 Å². The van der Waals surface area contributed by atoms with E-state index in [0.29, 0.717) is 0 Å². The van der Waals surface area contributed by atoms with Gasteiger partial charge in [-0.15, -0.1) is 13.2 Å². The van der Waals surface area contributed by atoms with E-state index in [4.69, 9.17) is 16.9 Å². The molecule has 1 rings (SSSR count). The highest BCUT2D eigenvalue weighted by atomic mass is 35.5. The molecule has 0 N–H and O–H groups in total. The zero-order chi connectivity index (χ0) is 15.3. The fraction of sp³-hybridized carbons (Fsp3) is 0.333. The molecule has 1 aromatic rings. The van der Waals surface area contributed by atoms with E-state index in [0.717, 1.165) is 12.1 Å². The van der Waals surface area contributed by atoms with Crippen LogP contribution in [0.4, 0.5) is 13.2 Å². The Hall–Kier alpha value is -1.94. The van der Waals surface area contributed by atoms with Gasteiger partial charge in [0.2, 0.25) is 0 Å². The fourth-order valence-electron chi connectivity index (χ4n) is 1.42. The lowest BCUT2D eigenvalue weighted by Crippen LogP contribution is -2.18. The molecule has 108 valence electrons. The molecule has 0 radical (unpaired) electrons. The highest BCUT2D eigenvalue weighted by Crippen LogP contribution is 2.32. The topological polar surface area (TPSA) is 59.3 Å². The Morgan fingerprint density at radius 1 is 1.45 bits per heavy atom. The number of rotatable bonds is 4. The first-order chi connectivity index (χ1) is 9.26. The summed E-state index contributed by atoms with van der Waals surface area (Å²) < 4.78 is 44.9. The molecule has 4 nitrogen and oxygen atoms in total. The van der Waals surface area contributed by atoms with Gasteiger partial charge in [-0.1, -0.05) is 11.6 Å². The van der Waals surface area contributed by atoms with Crippen LogP contribution in [0.1, 0.15) is 18.1 Å². The van der Waals surface area contributed by atoms with Crippen LogP contribution < -0.4 is 4.74 Å². The van der Waals surface area contributed by atoms with Crippen LogP contribution in [0.15, 0.2) is 12.1 Å². The van der Waals surface area contributed by atoms with Crippen molar-refractivity contribution in [3.63, 3.8) is 0 Å². The molecule has 0 aliphatic heterocycles. The van der Waals surface area contributed by atoms with Gasteiger partial charge < -0.3 is 9.47 Å². The number of nitrogens with zero attached hydrogens (tertiary/aromatic N) is 1.